The minimum absolute atomic E-state index is 0.330. The lowest BCUT2D eigenvalue weighted by atomic mass is 9.79. The summed E-state index contributed by atoms with van der Waals surface area (Å²) in [5, 5.41) is 1.28. The number of aromatic nitrogens is 1. The second kappa shape index (κ2) is 7.28. The number of nitrogens with zero attached hydrogens (tertiary/aromatic N) is 1. The van der Waals surface area contributed by atoms with E-state index in [0.29, 0.717) is 16.6 Å². The van der Waals surface area contributed by atoms with Crippen LogP contribution in [0.2, 0.25) is 16.6 Å². The molecule has 0 atom stereocenters. The van der Waals surface area contributed by atoms with Crippen molar-refractivity contribution in [1.82, 2.24) is 4.23 Å². The Labute approximate surface area is 179 Å². The van der Waals surface area contributed by atoms with Crippen LogP contribution in [-0.4, -0.2) is 30.8 Å². The number of fused-ring (bicyclic) bond motifs is 1. The fraction of sp³-hybridized carbons (Fsp3) is 0.667. The summed E-state index contributed by atoms with van der Waals surface area (Å²) in [5.74, 6) is 0. The quantitative estimate of drug-likeness (QED) is 0.539. The molecule has 1 aromatic heterocycles. The van der Waals surface area contributed by atoms with Gasteiger partial charge < -0.3 is 13.5 Å². The fourth-order valence-electron chi connectivity index (χ4n) is 5.68. The highest BCUT2D eigenvalue weighted by atomic mass is 28.3. The van der Waals surface area contributed by atoms with Crippen molar-refractivity contribution in [3.63, 3.8) is 0 Å². The minimum Gasteiger partial charge on any atom is -0.399 e. The summed E-state index contributed by atoms with van der Waals surface area (Å²) in [6, 6.07) is 6.87. The molecular formula is C24H40BNO2Si. The molecule has 0 aliphatic carbocycles. The highest BCUT2D eigenvalue weighted by Gasteiger charge is 2.53. The zero-order chi connectivity index (χ0) is 21.9. The van der Waals surface area contributed by atoms with Crippen LogP contribution in [-0.2, 0) is 9.31 Å². The molecule has 3 rings (SSSR count). The predicted octanol–water partition coefficient (Wildman–Crippen LogP) is 6.27. The highest BCUT2D eigenvalue weighted by Crippen LogP contribution is 2.44. The first-order valence-electron chi connectivity index (χ1n) is 11.2. The van der Waals surface area contributed by atoms with E-state index in [1.807, 2.05) is 0 Å². The van der Waals surface area contributed by atoms with Gasteiger partial charge in [0.1, 0.15) is 0 Å². The van der Waals surface area contributed by atoms with Gasteiger partial charge in [-0.1, -0.05) is 59.2 Å². The molecule has 0 bridgehead atoms. The molecule has 0 spiro atoms. The molecule has 29 heavy (non-hydrogen) atoms. The Balaban J connectivity index is 2.29. The van der Waals surface area contributed by atoms with Crippen LogP contribution >= 0.6 is 0 Å². The van der Waals surface area contributed by atoms with Crippen molar-refractivity contribution in [2.24, 2.45) is 0 Å². The molecule has 1 aliphatic rings. The zero-order valence-corrected chi connectivity index (χ0v) is 21.4. The number of hydrogen-bond donors (Lipinski definition) is 0. The fourth-order valence-corrected chi connectivity index (χ4v) is 12.3. The van der Waals surface area contributed by atoms with Crippen LogP contribution in [0.15, 0.2) is 24.4 Å². The summed E-state index contributed by atoms with van der Waals surface area (Å²) in [6.07, 6.45) is 2.39. The second-order valence-corrected chi connectivity index (χ2v) is 16.6. The van der Waals surface area contributed by atoms with Gasteiger partial charge in [-0.15, -0.1) is 0 Å². The lowest BCUT2D eigenvalue weighted by Crippen LogP contribution is -2.52. The number of benzene rings is 1. The number of rotatable bonds is 5. The van der Waals surface area contributed by atoms with Crippen LogP contribution in [0.5, 0.6) is 0 Å². The molecule has 2 heterocycles. The summed E-state index contributed by atoms with van der Waals surface area (Å²) in [5.41, 5.74) is 5.02. The van der Waals surface area contributed by atoms with Crippen molar-refractivity contribution in [2.75, 3.05) is 0 Å². The smallest absolute Gasteiger partial charge is 0.399 e. The van der Waals surface area contributed by atoms with Gasteiger partial charge in [0.2, 0.25) is 0 Å². The van der Waals surface area contributed by atoms with Crippen LogP contribution in [0.3, 0.4) is 0 Å². The molecule has 0 N–H and O–H groups in total. The molecule has 160 valence electrons. The molecule has 0 amide bonds. The van der Waals surface area contributed by atoms with E-state index in [9.17, 15) is 0 Å². The van der Waals surface area contributed by atoms with E-state index in [1.165, 1.54) is 21.9 Å². The van der Waals surface area contributed by atoms with Crippen LogP contribution < -0.4 is 5.46 Å². The van der Waals surface area contributed by atoms with Crippen molar-refractivity contribution in [1.29, 1.82) is 0 Å². The van der Waals surface area contributed by atoms with E-state index in [1.54, 1.807) is 0 Å². The Hall–Kier alpha value is -1.04. The number of hydrogen-bond acceptors (Lipinski definition) is 2. The van der Waals surface area contributed by atoms with E-state index in [4.69, 9.17) is 9.31 Å². The Kier molecular flexibility index (Phi) is 5.68. The predicted molar refractivity (Wildman–Crippen MR) is 129 cm³/mol. The van der Waals surface area contributed by atoms with Crippen LogP contribution in [0.4, 0.5) is 0 Å². The maximum Gasteiger partial charge on any atom is 0.497 e. The molecule has 1 fully saturated rings. The Morgan fingerprint density at radius 3 is 1.79 bits per heavy atom. The molecule has 5 heteroatoms. The van der Waals surface area contributed by atoms with Gasteiger partial charge in [0.05, 0.1) is 11.2 Å². The topological polar surface area (TPSA) is 23.4 Å². The van der Waals surface area contributed by atoms with Crippen molar-refractivity contribution in [3.8, 4) is 0 Å². The molecular weight excluding hydrogens is 373 g/mol. The lowest BCUT2D eigenvalue weighted by Gasteiger charge is -2.44. The average molecular weight is 413 g/mol. The third-order valence-corrected chi connectivity index (χ3v) is 14.4. The molecule has 1 aromatic carbocycles. The van der Waals surface area contributed by atoms with E-state index < -0.39 is 8.24 Å². The third kappa shape index (κ3) is 3.34. The van der Waals surface area contributed by atoms with E-state index in [2.05, 4.69) is 105 Å². The van der Waals surface area contributed by atoms with Gasteiger partial charge in [0, 0.05) is 11.0 Å². The molecule has 1 aliphatic heterocycles. The molecule has 2 aromatic rings. The summed E-state index contributed by atoms with van der Waals surface area (Å²) < 4.78 is 15.7. The first kappa shape index (κ1) is 22.6. The van der Waals surface area contributed by atoms with Crippen molar-refractivity contribution >= 4 is 31.7 Å². The summed E-state index contributed by atoms with van der Waals surface area (Å²) in [7, 11) is -2.21. The van der Waals surface area contributed by atoms with Gasteiger partial charge in [-0.05, 0) is 68.9 Å². The van der Waals surface area contributed by atoms with E-state index >= 15 is 0 Å². The molecule has 3 nitrogen and oxygen atoms in total. The Morgan fingerprint density at radius 1 is 0.862 bits per heavy atom. The maximum atomic E-state index is 6.49. The molecule has 0 saturated carbocycles. The van der Waals surface area contributed by atoms with Crippen LogP contribution in [0.25, 0.3) is 10.9 Å². The summed E-state index contributed by atoms with van der Waals surface area (Å²) in [4.78, 5) is 0. The first-order chi connectivity index (χ1) is 13.3. The molecule has 0 unspecified atom stereocenters. The van der Waals surface area contributed by atoms with Gasteiger partial charge in [0.25, 0.3) is 0 Å². The molecule has 0 radical (unpaired) electrons. The zero-order valence-electron chi connectivity index (χ0n) is 20.4. The van der Waals surface area contributed by atoms with Gasteiger partial charge in [-0.25, -0.2) is 0 Å². The normalized spacial score (nSPS) is 19.3. The SMILES string of the molecule is Cc1ccc2c(c1)c(B1OC(C)(C)C(C)(C)O1)cn2[Si](C(C)C)(C(C)C)C(C)C. The maximum absolute atomic E-state index is 6.49. The van der Waals surface area contributed by atoms with Crippen molar-refractivity contribution in [2.45, 2.75) is 104 Å². The van der Waals surface area contributed by atoms with Crippen molar-refractivity contribution < 1.29 is 9.31 Å². The standard InChI is InChI=1S/C24H40BNO2Si/c1-16(2)29(17(3)4,18(5)6)26-15-21(20-14-19(7)12-13-22(20)26)25-27-23(8,9)24(10,11)28-25/h12-18H,1-11H3. The van der Waals surface area contributed by atoms with E-state index in [-0.39, 0.29) is 18.3 Å². The largest absolute Gasteiger partial charge is 0.497 e. The number of aryl methyl sites for hydroxylation is 1. The van der Waals surface area contributed by atoms with Crippen LogP contribution in [0.1, 0.15) is 74.8 Å². The minimum atomic E-state index is -1.88. The summed E-state index contributed by atoms with van der Waals surface area (Å²) >= 11 is 0. The average Bonchev–Trinajstić information content (AvgIpc) is 3.01. The second-order valence-electron chi connectivity index (χ2n) is 10.9. The molecule has 1 saturated heterocycles. The third-order valence-electron chi connectivity index (χ3n) is 7.69. The monoisotopic (exact) mass is 413 g/mol. The van der Waals surface area contributed by atoms with Gasteiger partial charge in [0.15, 0.2) is 8.24 Å². The lowest BCUT2D eigenvalue weighted by molar-refractivity contribution is 0.00578. The van der Waals surface area contributed by atoms with Crippen molar-refractivity contribution in [3.05, 3.63) is 30.0 Å². The van der Waals surface area contributed by atoms with Gasteiger partial charge in [-0.3, -0.25) is 0 Å². The van der Waals surface area contributed by atoms with Gasteiger partial charge >= 0.3 is 7.12 Å². The van der Waals surface area contributed by atoms with Gasteiger partial charge in [-0.2, -0.15) is 0 Å². The Bertz CT molecular complexity index is 860. The first-order valence-corrected chi connectivity index (χ1v) is 13.4. The highest BCUT2D eigenvalue weighted by molar-refractivity contribution is 6.83. The van der Waals surface area contributed by atoms with E-state index in [0.717, 1.165) is 0 Å². The van der Waals surface area contributed by atoms with Crippen LogP contribution in [0, 0.1) is 6.92 Å². The summed E-state index contributed by atoms with van der Waals surface area (Å²) in [6.45, 7) is 25.2. The Morgan fingerprint density at radius 2 is 1.34 bits per heavy atom.